The molecule has 0 spiro atoms. The summed E-state index contributed by atoms with van der Waals surface area (Å²) in [6, 6.07) is 10.8. The number of anilines is 1. The van der Waals surface area contributed by atoms with Crippen molar-refractivity contribution in [2.45, 2.75) is 38.8 Å². The molecular formula is C17H23ClN2S. The summed E-state index contributed by atoms with van der Waals surface area (Å²) in [5.74, 6) is 0. The highest BCUT2D eigenvalue weighted by Crippen LogP contribution is 2.34. The molecule has 4 heteroatoms. The average molecular weight is 323 g/mol. The number of nitrogens with two attached hydrogens (primary N) is 1. The van der Waals surface area contributed by atoms with Crippen LogP contribution in [0.15, 0.2) is 35.7 Å². The Morgan fingerprint density at radius 1 is 1.29 bits per heavy atom. The highest BCUT2D eigenvalue weighted by Gasteiger charge is 2.18. The summed E-state index contributed by atoms with van der Waals surface area (Å²) in [6.07, 6.45) is 1.77. The Balaban J connectivity index is 2.32. The lowest BCUT2D eigenvalue weighted by Crippen LogP contribution is -2.26. The summed E-state index contributed by atoms with van der Waals surface area (Å²) in [5, 5.41) is 2.92. The number of halogens is 1. The molecule has 0 fully saturated rings. The first-order valence-corrected chi connectivity index (χ1v) is 8.59. The number of hydrogen-bond acceptors (Lipinski definition) is 3. The zero-order valence-corrected chi connectivity index (χ0v) is 14.4. The van der Waals surface area contributed by atoms with Crippen LogP contribution in [0.4, 0.5) is 5.69 Å². The van der Waals surface area contributed by atoms with Gasteiger partial charge in [-0.25, -0.2) is 0 Å². The maximum atomic E-state index is 6.42. The van der Waals surface area contributed by atoms with E-state index in [1.54, 1.807) is 11.3 Å². The van der Waals surface area contributed by atoms with E-state index in [9.17, 15) is 0 Å². The topological polar surface area (TPSA) is 29.3 Å². The first-order valence-electron chi connectivity index (χ1n) is 7.33. The SMILES string of the molecule is CCC(N)Cc1c(Cl)cccc1N(C)C(C)c1cccs1. The van der Waals surface area contributed by atoms with Crippen molar-refractivity contribution >= 4 is 28.6 Å². The van der Waals surface area contributed by atoms with Crippen LogP contribution in [0.2, 0.25) is 5.02 Å². The van der Waals surface area contributed by atoms with Gasteiger partial charge in [0.15, 0.2) is 0 Å². The zero-order valence-electron chi connectivity index (χ0n) is 12.8. The van der Waals surface area contributed by atoms with Crippen LogP contribution in [-0.4, -0.2) is 13.1 Å². The minimum atomic E-state index is 0.147. The molecule has 2 nitrogen and oxygen atoms in total. The smallest absolute Gasteiger partial charge is 0.0603 e. The van der Waals surface area contributed by atoms with Crippen molar-refractivity contribution in [2.75, 3.05) is 11.9 Å². The zero-order chi connectivity index (χ0) is 15.4. The van der Waals surface area contributed by atoms with Gasteiger partial charge in [-0.2, -0.15) is 0 Å². The number of rotatable bonds is 6. The molecule has 1 aromatic heterocycles. The predicted molar refractivity (Wildman–Crippen MR) is 94.6 cm³/mol. The second-order valence-electron chi connectivity index (χ2n) is 5.41. The molecule has 21 heavy (non-hydrogen) atoms. The van der Waals surface area contributed by atoms with Crippen molar-refractivity contribution in [3.63, 3.8) is 0 Å². The lowest BCUT2D eigenvalue weighted by molar-refractivity contribution is 0.642. The van der Waals surface area contributed by atoms with Crippen molar-refractivity contribution in [1.82, 2.24) is 0 Å². The van der Waals surface area contributed by atoms with Gasteiger partial charge < -0.3 is 10.6 Å². The molecule has 1 heterocycles. The van der Waals surface area contributed by atoms with Crippen molar-refractivity contribution in [2.24, 2.45) is 5.73 Å². The van der Waals surface area contributed by atoms with E-state index in [-0.39, 0.29) is 6.04 Å². The van der Waals surface area contributed by atoms with E-state index in [4.69, 9.17) is 17.3 Å². The van der Waals surface area contributed by atoms with Crippen molar-refractivity contribution in [1.29, 1.82) is 0 Å². The van der Waals surface area contributed by atoms with E-state index in [2.05, 4.69) is 49.4 Å². The fourth-order valence-corrected chi connectivity index (χ4v) is 3.49. The highest BCUT2D eigenvalue weighted by atomic mass is 35.5. The number of nitrogens with zero attached hydrogens (tertiary/aromatic N) is 1. The molecule has 2 unspecified atom stereocenters. The first-order chi connectivity index (χ1) is 10.0. The minimum absolute atomic E-state index is 0.147. The van der Waals surface area contributed by atoms with Crippen molar-refractivity contribution in [3.05, 3.63) is 51.2 Å². The van der Waals surface area contributed by atoms with Crippen LogP contribution in [0, 0.1) is 0 Å². The van der Waals surface area contributed by atoms with E-state index in [1.807, 2.05) is 12.1 Å². The summed E-state index contributed by atoms with van der Waals surface area (Å²) < 4.78 is 0. The molecule has 2 rings (SSSR count). The summed E-state index contributed by atoms with van der Waals surface area (Å²) in [7, 11) is 2.12. The number of thiophene rings is 1. The van der Waals surface area contributed by atoms with Crippen LogP contribution in [0.1, 0.15) is 36.8 Å². The summed E-state index contributed by atoms with van der Waals surface area (Å²) in [5.41, 5.74) is 8.46. The lowest BCUT2D eigenvalue weighted by atomic mass is 10.0. The molecule has 2 aromatic rings. The minimum Gasteiger partial charge on any atom is -0.367 e. The Bertz CT molecular complexity index is 568. The van der Waals surface area contributed by atoms with Crippen LogP contribution in [0.3, 0.4) is 0 Å². The van der Waals surface area contributed by atoms with Crippen molar-refractivity contribution in [3.8, 4) is 0 Å². The molecule has 0 aliphatic rings. The fraction of sp³-hybridized carbons (Fsp3) is 0.412. The molecule has 1 aromatic carbocycles. The molecule has 0 saturated carbocycles. The monoisotopic (exact) mass is 322 g/mol. The van der Waals surface area contributed by atoms with Gasteiger partial charge in [-0.1, -0.05) is 30.7 Å². The lowest BCUT2D eigenvalue weighted by Gasteiger charge is -2.29. The summed E-state index contributed by atoms with van der Waals surface area (Å²) in [6.45, 7) is 4.33. The van der Waals surface area contributed by atoms with Gasteiger partial charge in [0.1, 0.15) is 0 Å². The van der Waals surface area contributed by atoms with Gasteiger partial charge in [0.2, 0.25) is 0 Å². The molecule has 0 aliphatic carbocycles. The van der Waals surface area contributed by atoms with Gasteiger partial charge in [-0.15, -0.1) is 11.3 Å². The third-order valence-corrected chi connectivity index (χ3v) is 5.40. The van der Waals surface area contributed by atoms with Gasteiger partial charge in [0.05, 0.1) is 6.04 Å². The average Bonchev–Trinajstić information content (AvgIpc) is 3.01. The maximum Gasteiger partial charge on any atom is 0.0603 e. The highest BCUT2D eigenvalue weighted by molar-refractivity contribution is 7.10. The quantitative estimate of drug-likeness (QED) is 0.821. The molecule has 0 bridgehead atoms. The normalized spacial score (nSPS) is 14.0. The summed E-state index contributed by atoms with van der Waals surface area (Å²) >= 11 is 8.21. The largest absolute Gasteiger partial charge is 0.367 e. The Kier molecular flexibility index (Phi) is 5.68. The summed E-state index contributed by atoms with van der Waals surface area (Å²) in [4.78, 5) is 3.64. The van der Waals surface area contributed by atoms with Gasteiger partial charge >= 0.3 is 0 Å². The Hall–Kier alpha value is -1.03. The van der Waals surface area contributed by atoms with E-state index < -0.39 is 0 Å². The van der Waals surface area contributed by atoms with E-state index >= 15 is 0 Å². The van der Waals surface area contributed by atoms with Gasteiger partial charge in [0.25, 0.3) is 0 Å². The van der Waals surface area contributed by atoms with Crippen LogP contribution in [0.5, 0.6) is 0 Å². The Labute approximate surface area is 136 Å². The van der Waals surface area contributed by atoms with E-state index in [1.165, 1.54) is 10.6 Å². The molecule has 114 valence electrons. The van der Waals surface area contributed by atoms with Crippen LogP contribution < -0.4 is 10.6 Å². The molecule has 0 aliphatic heterocycles. The standard InChI is InChI=1S/C17H23ClN2S/c1-4-13(19)11-14-15(18)7-5-8-16(14)20(3)12(2)17-9-6-10-21-17/h5-10,12-13H,4,11,19H2,1-3H3. The number of hydrogen-bond donors (Lipinski definition) is 1. The Morgan fingerprint density at radius 2 is 2.05 bits per heavy atom. The molecule has 0 radical (unpaired) electrons. The molecule has 2 atom stereocenters. The number of benzene rings is 1. The second-order valence-corrected chi connectivity index (χ2v) is 6.80. The first kappa shape index (κ1) is 16.3. The van der Waals surface area contributed by atoms with E-state index in [0.717, 1.165) is 23.4 Å². The third-order valence-electron chi connectivity index (χ3n) is 4.00. The van der Waals surface area contributed by atoms with Crippen LogP contribution in [-0.2, 0) is 6.42 Å². The fourth-order valence-electron chi connectivity index (χ4n) is 2.41. The Morgan fingerprint density at radius 3 is 2.67 bits per heavy atom. The molecular weight excluding hydrogens is 300 g/mol. The molecule has 2 N–H and O–H groups in total. The van der Waals surface area contributed by atoms with Crippen LogP contribution >= 0.6 is 22.9 Å². The van der Waals surface area contributed by atoms with Gasteiger partial charge in [0, 0.05) is 28.7 Å². The maximum absolute atomic E-state index is 6.42. The molecule has 0 saturated heterocycles. The molecule has 0 amide bonds. The van der Waals surface area contributed by atoms with Crippen molar-refractivity contribution < 1.29 is 0 Å². The van der Waals surface area contributed by atoms with Gasteiger partial charge in [-0.05, 0) is 48.9 Å². The third kappa shape index (κ3) is 3.79. The second kappa shape index (κ2) is 7.30. The van der Waals surface area contributed by atoms with E-state index in [0.29, 0.717) is 6.04 Å². The predicted octanol–water partition coefficient (Wildman–Crippen LogP) is 4.88. The van der Waals surface area contributed by atoms with Gasteiger partial charge in [-0.3, -0.25) is 0 Å². The van der Waals surface area contributed by atoms with Crippen LogP contribution in [0.25, 0.3) is 0 Å².